The van der Waals surface area contributed by atoms with Crippen LogP contribution in [0.4, 0.5) is 8.78 Å². The first kappa shape index (κ1) is 12.3. The Balaban J connectivity index is 2.09. The van der Waals surface area contributed by atoms with E-state index in [9.17, 15) is 13.6 Å². The Kier molecular flexibility index (Phi) is 3.41. The summed E-state index contributed by atoms with van der Waals surface area (Å²) in [5.41, 5.74) is 0.587. The normalized spacial score (nSPS) is 10.4. The summed E-state index contributed by atoms with van der Waals surface area (Å²) in [5.74, 6) is -2.78. The van der Waals surface area contributed by atoms with Crippen molar-refractivity contribution in [3.63, 3.8) is 0 Å². The second kappa shape index (κ2) is 5.00. The molecule has 1 amide bonds. The summed E-state index contributed by atoms with van der Waals surface area (Å²) in [5, 5.41) is 2.54. The molecule has 0 bridgehead atoms. The lowest BCUT2D eigenvalue weighted by Gasteiger charge is -2.07. The number of carbonyl (C=O) groups is 1. The highest BCUT2D eigenvalue weighted by Gasteiger charge is 2.14. The second-order valence-electron chi connectivity index (χ2n) is 3.89. The molecule has 5 heteroatoms. The zero-order valence-corrected chi connectivity index (χ0v) is 9.78. The molecule has 18 heavy (non-hydrogen) atoms. The highest BCUT2D eigenvalue weighted by atomic mass is 19.2. The molecule has 1 aromatic carbocycles. The van der Waals surface area contributed by atoms with Gasteiger partial charge in [-0.2, -0.15) is 0 Å². The Morgan fingerprint density at radius 2 is 2.06 bits per heavy atom. The highest BCUT2D eigenvalue weighted by Crippen LogP contribution is 2.11. The molecule has 1 N–H and O–H groups in total. The van der Waals surface area contributed by atoms with Gasteiger partial charge in [0, 0.05) is 18.9 Å². The number of nitrogens with one attached hydrogen (secondary N) is 1. The van der Waals surface area contributed by atoms with Gasteiger partial charge in [-0.15, -0.1) is 0 Å². The van der Waals surface area contributed by atoms with Gasteiger partial charge in [-0.05, 0) is 24.3 Å². The van der Waals surface area contributed by atoms with Crippen molar-refractivity contribution >= 4 is 5.91 Å². The second-order valence-corrected chi connectivity index (χ2v) is 3.89. The van der Waals surface area contributed by atoms with Crippen LogP contribution < -0.4 is 5.32 Å². The Bertz CT molecular complexity index is 578. The Morgan fingerprint density at radius 1 is 1.28 bits per heavy atom. The van der Waals surface area contributed by atoms with Crippen LogP contribution in [0.1, 0.15) is 16.1 Å². The molecule has 1 aromatic heterocycles. The zero-order valence-electron chi connectivity index (χ0n) is 9.78. The van der Waals surface area contributed by atoms with Gasteiger partial charge >= 0.3 is 0 Å². The third-order valence-electron chi connectivity index (χ3n) is 2.68. The summed E-state index contributed by atoms with van der Waals surface area (Å²) in [4.78, 5) is 11.7. The van der Waals surface area contributed by atoms with Crippen molar-refractivity contribution < 1.29 is 13.6 Å². The number of benzene rings is 1. The minimum atomic E-state index is -1.12. The fraction of sp³-hybridized carbons (Fsp3) is 0.154. The van der Waals surface area contributed by atoms with Crippen LogP contribution in [0.3, 0.4) is 0 Å². The van der Waals surface area contributed by atoms with Gasteiger partial charge < -0.3 is 9.88 Å². The minimum absolute atomic E-state index is 0.262. The molecule has 0 unspecified atom stereocenters. The molecule has 0 aliphatic carbocycles. The van der Waals surface area contributed by atoms with Crippen molar-refractivity contribution in [3.8, 4) is 0 Å². The molecule has 2 rings (SSSR count). The molecular formula is C13H12F2N2O. The number of carbonyl (C=O) groups excluding carboxylic acids is 1. The highest BCUT2D eigenvalue weighted by molar-refractivity contribution is 5.94. The minimum Gasteiger partial charge on any atom is -0.353 e. The average Bonchev–Trinajstić information content (AvgIpc) is 2.75. The summed E-state index contributed by atoms with van der Waals surface area (Å²) >= 11 is 0. The smallest absolute Gasteiger partial charge is 0.254 e. The van der Waals surface area contributed by atoms with E-state index in [4.69, 9.17) is 0 Å². The predicted molar refractivity (Wildman–Crippen MR) is 62.9 cm³/mol. The number of nitrogens with zero attached hydrogens (tertiary/aromatic N) is 1. The molecule has 0 radical (unpaired) electrons. The number of rotatable bonds is 3. The van der Waals surface area contributed by atoms with Gasteiger partial charge in [0.1, 0.15) is 0 Å². The van der Waals surface area contributed by atoms with Crippen LogP contribution in [-0.4, -0.2) is 10.5 Å². The van der Waals surface area contributed by atoms with Gasteiger partial charge in [-0.25, -0.2) is 8.78 Å². The van der Waals surface area contributed by atoms with E-state index < -0.39 is 17.5 Å². The molecule has 0 aliphatic rings. The topological polar surface area (TPSA) is 34.0 Å². The van der Waals surface area contributed by atoms with Gasteiger partial charge in [0.2, 0.25) is 0 Å². The Hall–Kier alpha value is -2.17. The lowest BCUT2D eigenvalue weighted by atomic mass is 10.2. The third-order valence-corrected chi connectivity index (χ3v) is 2.68. The van der Waals surface area contributed by atoms with Gasteiger partial charge in [0.25, 0.3) is 5.91 Å². The van der Waals surface area contributed by atoms with Crippen molar-refractivity contribution in [1.29, 1.82) is 0 Å². The fourth-order valence-electron chi connectivity index (χ4n) is 1.63. The summed E-state index contributed by atoms with van der Waals surface area (Å²) in [7, 11) is 1.84. The van der Waals surface area contributed by atoms with Crippen LogP contribution in [0.15, 0.2) is 36.5 Å². The SMILES string of the molecule is Cn1cccc1CNC(=O)c1cccc(F)c1F. The predicted octanol–water partition coefficient (Wildman–Crippen LogP) is 2.23. The maximum atomic E-state index is 13.4. The molecule has 0 fully saturated rings. The molecule has 0 saturated carbocycles. The number of aromatic nitrogens is 1. The van der Waals surface area contributed by atoms with Crippen molar-refractivity contribution in [2.45, 2.75) is 6.54 Å². The third kappa shape index (κ3) is 2.40. The van der Waals surface area contributed by atoms with Crippen LogP contribution in [-0.2, 0) is 13.6 Å². The van der Waals surface area contributed by atoms with Gasteiger partial charge in [-0.3, -0.25) is 4.79 Å². The van der Waals surface area contributed by atoms with Gasteiger partial charge in [0.15, 0.2) is 11.6 Å². The van der Waals surface area contributed by atoms with Crippen LogP contribution in [0.2, 0.25) is 0 Å². The number of halogens is 2. The van der Waals surface area contributed by atoms with Crippen LogP contribution >= 0.6 is 0 Å². The summed E-state index contributed by atoms with van der Waals surface area (Å²) in [6, 6.07) is 7.20. The van der Waals surface area contributed by atoms with E-state index >= 15 is 0 Å². The fourth-order valence-corrected chi connectivity index (χ4v) is 1.63. The van der Waals surface area contributed by atoms with Crippen molar-refractivity contribution in [2.75, 3.05) is 0 Å². The maximum Gasteiger partial charge on any atom is 0.254 e. The van der Waals surface area contributed by atoms with E-state index in [1.54, 1.807) is 0 Å². The van der Waals surface area contributed by atoms with Gasteiger partial charge in [-0.1, -0.05) is 6.07 Å². The van der Waals surface area contributed by atoms with Crippen molar-refractivity contribution in [1.82, 2.24) is 9.88 Å². The van der Waals surface area contributed by atoms with E-state index in [0.29, 0.717) is 0 Å². The first-order chi connectivity index (χ1) is 8.59. The van der Waals surface area contributed by atoms with Crippen LogP contribution in [0.25, 0.3) is 0 Å². The molecular weight excluding hydrogens is 238 g/mol. The van der Waals surface area contributed by atoms with E-state index in [2.05, 4.69) is 5.32 Å². The quantitative estimate of drug-likeness (QED) is 0.890. The monoisotopic (exact) mass is 250 g/mol. The van der Waals surface area contributed by atoms with E-state index in [0.717, 1.165) is 11.8 Å². The molecule has 0 spiro atoms. The van der Waals surface area contributed by atoms with E-state index in [1.165, 1.54) is 12.1 Å². The zero-order chi connectivity index (χ0) is 13.1. The maximum absolute atomic E-state index is 13.4. The Labute approximate surface area is 103 Å². The number of amides is 1. The standard InChI is InChI=1S/C13H12F2N2O/c1-17-7-3-4-9(17)8-16-13(18)10-5-2-6-11(14)12(10)15/h2-7H,8H2,1H3,(H,16,18). The van der Waals surface area contributed by atoms with E-state index in [-0.39, 0.29) is 12.1 Å². The lowest BCUT2D eigenvalue weighted by molar-refractivity contribution is 0.0945. The molecule has 0 saturated heterocycles. The molecule has 0 atom stereocenters. The largest absolute Gasteiger partial charge is 0.353 e. The van der Waals surface area contributed by atoms with Crippen molar-refractivity contribution in [3.05, 3.63) is 59.4 Å². The Morgan fingerprint density at radius 3 is 2.72 bits per heavy atom. The lowest BCUT2D eigenvalue weighted by Crippen LogP contribution is -2.25. The molecule has 1 heterocycles. The van der Waals surface area contributed by atoms with Crippen LogP contribution in [0.5, 0.6) is 0 Å². The molecule has 0 aliphatic heterocycles. The number of hydrogen-bond acceptors (Lipinski definition) is 1. The van der Waals surface area contributed by atoms with Crippen molar-refractivity contribution in [2.24, 2.45) is 7.05 Å². The summed E-state index contributed by atoms with van der Waals surface area (Å²) in [6.45, 7) is 0.262. The van der Waals surface area contributed by atoms with E-state index in [1.807, 2.05) is 29.9 Å². The number of aryl methyl sites for hydroxylation is 1. The van der Waals surface area contributed by atoms with Gasteiger partial charge in [0.05, 0.1) is 12.1 Å². The van der Waals surface area contributed by atoms with Crippen LogP contribution in [0, 0.1) is 11.6 Å². The number of hydrogen-bond donors (Lipinski definition) is 1. The molecule has 3 nitrogen and oxygen atoms in total. The first-order valence-corrected chi connectivity index (χ1v) is 5.42. The summed E-state index contributed by atoms with van der Waals surface area (Å²) in [6.07, 6.45) is 1.84. The molecule has 2 aromatic rings. The first-order valence-electron chi connectivity index (χ1n) is 5.42. The average molecular weight is 250 g/mol. The summed E-state index contributed by atoms with van der Waals surface area (Å²) < 4.78 is 28.1. The molecule has 94 valence electrons.